The van der Waals surface area contributed by atoms with Crippen LogP contribution in [0.25, 0.3) is 0 Å². The second-order valence-electron chi connectivity index (χ2n) is 4.81. The molecule has 23 heavy (non-hydrogen) atoms. The SMILES string of the molecule is COc1nn(C)cc1C(=O)NCC(=O)NCc1ccc(Cl)cc1. The highest BCUT2D eigenvalue weighted by molar-refractivity contribution is 6.30. The molecule has 0 saturated carbocycles. The highest BCUT2D eigenvalue weighted by Gasteiger charge is 2.16. The summed E-state index contributed by atoms with van der Waals surface area (Å²) in [6.45, 7) is 0.229. The molecule has 7 nitrogen and oxygen atoms in total. The van der Waals surface area contributed by atoms with Gasteiger partial charge in [0.15, 0.2) is 0 Å². The Morgan fingerprint density at radius 1 is 1.26 bits per heavy atom. The molecule has 0 aliphatic heterocycles. The van der Waals surface area contributed by atoms with Gasteiger partial charge in [-0.25, -0.2) is 0 Å². The van der Waals surface area contributed by atoms with Crippen molar-refractivity contribution in [1.29, 1.82) is 0 Å². The number of carbonyl (C=O) groups excluding carboxylic acids is 2. The van der Waals surface area contributed by atoms with Crippen molar-refractivity contribution < 1.29 is 14.3 Å². The minimum absolute atomic E-state index is 0.134. The maximum absolute atomic E-state index is 12.0. The van der Waals surface area contributed by atoms with E-state index in [-0.39, 0.29) is 23.9 Å². The molecule has 122 valence electrons. The lowest BCUT2D eigenvalue weighted by molar-refractivity contribution is -0.120. The van der Waals surface area contributed by atoms with E-state index in [1.807, 2.05) is 12.1 Å². The van der Waals surface area contributed by atoms with Gasteiger partial charge in [0.1, 0.15) is 5.56 Å². The van der Waals surface area contributed by atoms with E-state index in [2.05, 4.69) is 15.7 Å². The molecule has 0 aliphatic carbocycles. The van der Waals surface area contributed by atoms with Crippen molar-refractivity contribution in [2.75, 3.05) is 13.7 Å². The number of rotatable bonds is 6. The number of aryl methyl sites for hydroxylation is 1. The van der Waals surface area contributed by atoms with Gasteiger partial charge in [-0.3, -0.25) is 14.3 Å². The van der Waals surface area contributed by atoms with E-state index in [0.717, 1.165) is 5.56 Å². The van der Waals surface area contributed by atoms with Gasteiger partial charge < -0.3 is 15.4 Å². The molecule has 2 amide bonds. The largest absolute Gasteiger partial charge is 0.479 e. The van der Waals surface area contributed by atoms with E-state index in [4.69, 9.17) is 16.3 Å². The van der Waals surface area contributed by atoms with Gasteiger partial charge in [-0.15, -0.1) is 5.10 Å². The van der Waals surface area contributed by atoms with Crippen molar-refractivity contribution in [2.45, 2.75) is 6.54 Å². The maximum atomic E-state index is 12.0. The van der Waals surface area contributed by atoms with Crippen LogP contribution in [-0.2, 0) is 18.4 Å². The number of ether oxygens (including phenoxy) is 1. The van der Waals surface area contributed by atoms with Crippen LogP contribution in [-0.4, -0.2) is 35.2 Å². The molecule has 2 aromatic rings. The van der Waals surface area contributed by atoms with Gasteiger partial charge in [0.2, 0.25) is 11.8 Å². The fraction of sp³-hybridized carbons (Fsp3) is 0.267. The molecular weight excluding hydrogens is 320 g/mol. The molecule has 8 heteroatoms. The number of methoxy groups -OCH3 is 1. The lowest BCUT2D eigenvalue weighted by Crippen LogP contribution is -2.36. The molecule has 0 spiro atoms. The summed E-state index contributed by atoms with van der Waals surface area (Å²) in [6, 6.07) is 7.14. The molecule has 0 saturated heterocycles. The van der Waals surface area contributed by atoms with Crippen LogP contribution < -0.4 is 15.4 Å². The lowest BCUT2D eigenvalue weighted by atomic mass is 10.2. The summed E-state index contributed by atoms with van der Waals surface area (Å²) in [5.41, 5.74) is 1.20. The predicted octanol–water partition coefficient (Wildman–Crippen LogP) is 1.13. The van der Waals surface area contributed by atoms with Gasteiger partial charge in [0, 0.05) is 24.8 Å². The maximum Gasteiger partial charge on any atom is 0.258 e. The first-order chi connectivity index (χ1) is 11.0. The minimum atomic E-state index is -0.420. The minimum Gasteiger partial charge on any atom is -0.479 e. The number of hydrogen-bond acceptors (Lipinski definition) is 4. The second-order valence-corrected chi connectivity index (χ2v) is 5.25. The molecule has 1 heterocycles. The molecule has 0 atom stereocenters. The molecule has 0 bridgehead atoms. The van der Waals surface area contributed by atoms with Gasteiger partial charge in [0.05, 0.1) is 13.7 Å². The molecule has 1 aromatic carbocycles. The van der Waals surface area contributed by atoms with E-state index in [1.165, 1.54) is 18.0 Å². The van der Waals surface area contributed by atoms with Crippen LogP contribution in [0.5, 0.6) is 5.88 Å². The highest BCUT2D eigenvalue weighted by Crippen LogP contribution is 2.14. The number of aromatic nitrogens is 2. The third kappa shape index (κ3) is 4.72. The third-order valence-corrected chi connectivity index (χ3v) is 3.30. The molecule has 0 unspecified atom stereocenters. The Bertz CT molecular complexity index is 697. The van der Waals surface area contributed by atoms with Crippen LogP contribution in [0, 0.1) is 0 Å². The Morgan fingerprint density at radius 3 is 2.61 bits per heavy atom. The van der Waals surface area contributed by atoms with Crippen molar-refractivity contribution in [1.82, 2.24) is 20.4 Å². The van der Waals surface area contributed by atoms with Crippen molar-refractivity contribution in [3.8, 4) is 5.88 Å². The topological polar surface area (TPSA) is 85.2 Å². The first kappa shape index (κ1) is 16.8. The number of amides is 2. The number of nitrogens with one attached hydrogen (secondary N) is 2. The van der Waals surface area contributed by atoms with Gasteiger partial charge in [0.25, 0.3) is 5.91 Å². The average molecular weight is 337 g/mol. The van der Waals surface area contributed by atoms with E-state index in [9.17, 15) is 9.59 Å². The Balaban J connectivity index is 1.81. The standard InChI is InChI=1S/C15H17ClN4O3/c1-20-9-12(15(19-20)23-2)14(22)18-8-13(21)17-7-10-3-5-11(16)6-4-10/h3-6,9H,7-8H2,1-2H3,(H,17,21)(H,18,22). The molecule has 0 radical (unpaired) electrons. The first-order valence-corrected chi connectivity index (χ1v) is 7.24. The fourth-order valence-corrected chi connectivity index (χ4v) is 2.02. The van der Waals surface area contributed by atoms with Crippen LogP contribution in [0.3, 0.4) is 0 Å². The van der Waals surface area contributed by atoms with E-state index in [1.54, 1.807) is 19.2 Å². The van der Waals surface area contributed by atoms with Crippen molar-refractivity contribution in [2.24, 2.45) is 7.05 Å². The summed E-state index contributed by atoms with van der Waals surface area (Å²) >= 11 is 5.79. The lowest BCUT2D eigenvalue weighted by Gasteiger charge is -2.07. The second kappa shape index (κ2) is 7.64. The van der Waals surface area contributed by atoms with Gasteiger partial charge in [-0.2, -0.15) is 0 Å². The number of carbonyl (C=O) groups is 2. The van der Waals surface area contributed by atoms with Crippen LogP contribution in [0.15, 0.2) is 30.5 Å². The molecule has 2 rings (SSSR count). The van der Waals surface area contributed by atoms with Crippen LogP contribution >= 0.6 is 11.6 Å². The third-order valence-electron chi connectivity index (χ3n) is 3.05. The summed E-state index contributed by atoms with van der Waals surface area (Å²) in [5, 5.41) is 9.86. The molecular formula is C15H17ClN4O3. The first-order valence-electron chi connectivity index (χ1n) is 6.86. The highest BCUT2D eigenvalue weighted by atomic mass is 35.5. The Hall–Kier alpha value is -2.54. The normalized spacial score (nSPS) is 10.2. The van der Waals surface area contributed by atoms with Crippen LogP contribution in [0.1, 0.15) is 15.9 Å². The number of halogens is 1. The van der Waals surface area contributed by atoms with Crippen LogP contribution in [0.4, 0.5) is 0 Å². The van der Waals surface area contributed by atoms with E-state index < -0.39 is 5.91 Å². The molecule has 0 aliphatic rings. The van der Waals surface area contributed by atoms with Crippen molar-refractivity contribution in [3.05, 3.63) is 46.6 Å². The Labute approximate surface area is 138 Å². The van der Waals surface area contributed by atoms with Gasteiger partial charge in [-0.05, 0) is 17.7 Å². The van der Waals surface area contributed by atoms with Gasteiger partial charge >= 0.3 is 0 Å². The molecule has 2 N–H and O–H groups in total. The zero-order valence-corrected chi connectivity index (χ0v) is 13.6. The Morgan fingerprint density at radius 2 is 1.96 bits per heavy atom. The zero-order valence-electron chi connectivity index (χ0n) is 12.8. The Kier molecular flexibility index (Phi) is 5.59. The predicted molar refractivity (Wildman–Crippen MR) is 85.4 cm³/mol. The van der Waals surface area contributed by atoms with E-state index in [0.29, 0.717) is 11.6 Å². The number of benzene rings is 1. The monoisotopic (exact) mass is 336 g/mol. The summed E-state index contributed by atoms with van der Waals surface area (Å²) in [6.07, 6.45) is 1.53. The summed E-state index contributed by atoms with van der Waals surface area (Å²) in [4.78, 5) is 23.8. The van der Waals surface area contributed by atoms with Crippen LogP contribution in [0.2, 0.25) is 5.02 Å². The number of hydrogen-bond donors (Lipinski definition) is 2. The zero-order chi connectivity index (χ0) is 16.8. The van der Waals surface area contributed by atoms with Gasteiger partial charge in [-0.1, -0.05) is 23.7 Å². The summed E-state index contributed by atoms with van der Waals surface area (Å²) < 4.78 is 6.47. The van der Waals surface area contributed by atoms with Crippen molar-refractivity contribution >= 4 is 23.4 Å². The smallest absolute Gasteiger partial charge is 0.258 e. The number of nitrogens with zero attached hydrogens (tertiary/aromatic N) is 2. The quantitative estimate of drug-likeness (QED) is 0.828. The molecule has 1 aromatic heterocycles. The summed E-state index contributed by atoms with van der Waals surface area (Å²) in [7, 11) is 3.11. The van der Waals surface area contributed by atoms with E-state index >= 15 is 0 Å². The van der Waals surface area contributed by atoms with Crippen molar-refractivity contribution in [3.63, 3.8) is 0 Å². The summed E-state index contributed by atoms with van der Waals surface area (Å²) in [5.74, 6) is -0.501. The average Bonchev–Trinajstić information content (AvgIpc) is 2.93. The fourth-order valence-electron chi connectivity index (χ4n) is 1.90. The molecule has 0 fully saturated rings.